The van der Waals surface area contributed by atoms with Gasteiger partial charge >= 0.3 is 0 Å². The Balaban J connectivity index is 2.11. The summed E-state index contributed by atoms with van der Waals surface area (Å²) in [6.45, 7) is 6.86. The number of aliphatic hydroxyl groups is 1. The second-order valence-corrected chi connectivity index (χ2v) is 6.49. The van der Waals surface area contributed by atoms with E-state index in [1.165, 1.54) is 25.7 Å². The van der Waals surface area contributed by atoms with Crippen LogP contribution in [0.2, 0.25) is 0 Å². The molecule has 2 aliphatic carbocycles. The van der Waals surface area contributed by atoms with Gasteiger partial charge in [-0.2, -0.15) is 0 Å². The molecule has 0 radical (unpaired) electrons. The molecule has 0 bridgehead atoms. The molecule has 3 atom stereocenters. The lowest BCUT2D eigenvalue weighted by atomic mass is 9.57. The SMILES string of the molecule is CC1(C)CCC[C@H]2C[C@@](C)(O)CC[C@@H]21. The molecule has 0 aromatic rings. The topological polar surface area (TPSA) is 20.2 Å². The van der Waals surface area contributed by atoms with Gasteiger partial charge in [-0.05, 0) is 49.9 Å². The van der Waals surface area contributed by atoms with Gasteiger partial charge in [0.2, 0.25) is 0 Å². The summed E-state index contributed by atoms with van der Waals surface area (Å²) >= 11 is 0. The van der Waals surface area contributed by atoms with Crippen molar-refractivity contribution in [2.75, 3.05) is 0 Å². The van der Waals surface area contributed by atoms with Gasteiger partial charge in [-0.3, -0.25) is 0 Å². The fraction of sp³-hybridized carbons (Fsp3) is 1.00. The van der Waals surface area contributed by atoms with Crippen LogP contribution in [0.25, 0.3) is 0 Å². The van der Waals surface area contributed by atoms with E-state index in [1.807, 2.05) is 6.92 Å². The fourth-order valence-electron chi connectivity index (χ4n) is 3.85. The monoisotopic (exact) mass is 196 g/mol. The van der Waals surface area contributed by atoms with Gasteiger partial charge in [-0.25, -0.2) is 0 Å². The molecular formula is C13H24O. The first-order valence-corrected chi connectivity index (χ1v) is 6.13. The van der Waals surface area contributed by atoms with Gasteiger partial charge < -0.3 is 5.11 Å². The Morgan fingerprint density at radius 3 is 2.50 bits per heavy atom. The van der Waals surface area contributed by atoms with Crippen LogP contribution in [0, 0.1) is 17.3 Å². The highest BCUT2D eigenvalue weighted by atomic mass is 16.3. The molecule has 0 amide bonds. The van der Waals surface area contributed by atoms with Crippen LogP contribution in [-0.4, -0.2) is 10.7 Å². The maximum absolute atomic E-state index is 10.1. The molecule has 2 saturated carbocycles. The van der Waals surface area contributed by atoms with Crippen LogP contribution >= 0.6 is 0 Å². The van der Waals surface area contributed by atoms with Gasteiger partial charge in [0.1, 0.15) is 0 Å². The first-order valence-electron chi connectivity index (χ1n) is 6.13. The molecule has 2 aliphatic rings. The molecule has 2 fully saturated rings. The van der Waals surface area contributed by atoms with Crippen molar-refractivity contribution >= 4 is 0 Å². The minimum atomic E-state index is -0.366. The van der Waals surface area contributed by atoms with Crippen molar-refractivity contribution in [3.8, 4) is 0 Å². The highest BCUT2D eigenvalue weighted by Crippen LogP contribution is 2.52. The van der Waals surface area contributed by atoms with Crippen molar-refractivity contribution in [3.05, 3.63) is 0 Å². The smallest absolute Gasteiger partial charge is 0.0622 e. The van der Waals surface area contributed by atoms with E-state index in [9.17, 15) is 5.11 Å². The minimum Gasteiger partial charge on any atom is -0.390 e. The van der Waals surface area contributed by atoms with E-state index >= 15 is 0 Å². The first-order chi connectivity index (χ1) is 6.41. The third-order valence-electron chi connectivity index (χ3n) is 4.66. The molecule has 0 spiro atoms. The Bertz CT molecular complexity index is 217. The van der Waals surface area contributed by atoms with Gasteiger partial charge in [-0.1, -0.05) is 26.7 Å². The molecule has 0 aliphatic heterocycles. The summed E-state index contributed by atoms with van der Waals surface area (Å²) < 4.78 is 0. The molecule has 1 N–H and O–H groups in total. The Kier molecular flexibility index (Phi) is 2.42. The van der Waals surface area contributed by atoms with E-state index in [0.29, 0.717) is 5.41 Å². The molecule has 0 saturated heterocycles. The highest BCUT2D eigenvalue weighted by Gasteiger charge is 2.44. The third-order valence-corrected chi connectivity index (χ3v) is 4.66. The van der Waals surface area contributed by atoms with Gasteiger partial charge in [0.15, 0.2) is 0 Å². The van der Waals surface area contributed by atoms with Crippen molar-refractivity contribution < 1.29 is 5.11 Å². The summed E-state index contributed by atoms with van der Waals surface area (Å²) in [7, 11) is 0. The fourth-order valence-corrected chi connectivity index (χ4v) is 3.85. The van der Waals surface area contributed by atoms with Crippen LogP contribution in [0.3, 0.4) is 0 Å². The van der Waals surface area contributed by atoms with Crippen molar-refractivity contribution in [2.24, 2.45) is 17.3 Å². The van der Waals surface area contributed by atoms with Crippen molar-refractivity contribution in [1.29, 1.82) is 0 Å². The summed E-state index contributed by atoms with van der Waals surface area (Å²) in [5, 5.41) is 10.1. The van der Waals surface area contributed by atoms with Crippen molar-refractivity contribution in [1.82, 2.24) is 0 Å². The van der Waals surface area contributed by atoms with E-state index in [4.69, 9.17) is 0 Å². The summed E-state index contributed by atoms with van der Waals surface area (Å²) in [5.41, 5.74) is 0.161. The van der Waals surface area contributed by atoms with Crippen LogP contribution in [0.15, 0.2) is 0 Å². The van der Waals surface area contributed by atoms with E-state index < -0.39 is 0 Å². The molecule has 1 heteroatoms. The van der Waals surface area contributed by atoms with Gasteiger partial charge in [0.05, 0.1) is 5.60 Å². The quantitative estimate of drug-likeness (QED) is 0.630. The molecule has 0 heterocycles. The zero-order valence-electron chi connectivity index (χ0n) is 9.84. The van der Waals surface area contributed by atoms with Gasteiger partial charge in [0, 0.05) is 0 Å². The van der Waals surface area contributed by atoms with Crippen LogP contribution in [0.5, 0.6) is 0 Å². The lowest BCUT2D eigenvalue weighted by molar-refractivity contribution is -0.0654. The summed E-state index contributed by atoms with van der Waals surface area (Å²) in [5.74, 6) is 1.67. The van der Waals surface area contributed by atoms with Crippen LogP contribution in [0.1, 0.15) is 59.3 Å². The Labute approximate surface area is 87.9 Å². The molecule has 0 aromatic carbocycles. The molecule has 2 rings (SSSR count). The average molecular weight is 196 g/mol. The van der Waals surface area contributed by atoms with Crippen molar-refractivity contribution in [2.45, 2.75) is 64.9 Å². The summed E-state index contributed by atoms with van der Waals surface area (Å²) in [4.78, 5) is 0. The maximum atomic E-state index is 10.1. The van der Waals surface area contributed by atoms with E-state index in [0.717, 1.165) is 24.7 Å². The number of hydrogen-bond acceptors (Lipinski definition) is 1. The number of rotatable bonds is 0. The molecule has 0 aromatic heterocycles. The lowest BCUT2D eigenvalue weighted by Crippen LogP contribution is -2.44. The zero-order chi connectivity index (χ0) is 10.4. The average Bonchev–Trinajstić information content (AvgIpc) is 2.00. The molecule has 1 nitrogen and oxygen atoms in total. The van der Waals surface area contributed by atoms with Crippen LogP contribution in [-0.2, 0) is 0 Å². The van der Waals surface area contributed by atoms with E-state index in [-0.39, 0.29) is 5.60 Å². The molecular weight excluding hydrogens is 172 g/mol. The normalized spacial score (nSPS) is 47.1. The van der Waals surface area contributed by atoms with Gasteiger partial charge in [0.25, 0.3) is 0 Å². The predicted molar refractivity (Wildman–Crippen MR) is 59.1 cm³/mol. The molecule has 0 unspecified atom stereocenters. The zero-order valence-corrected chi connectivity index (χ0v) is 9.84. The van der Waals surface area contributed by atoms with Gasteiger partial charge in [-0.15, -0.1) is 0 Å². The predicted octanol–water partition coefficient (Wildman–Crippen LogP) is 3.36. The third kappa shape index (κ3) is 1.84. The summed E-state index contributed by atoms with van der Waals surface area (Å²) in [6.07, 6.45) is 7.40. The highest BCUT2D eigenvalue weighted by molar-refractivity contribution is 4.95. The van der Waals surface area contributed by atoms with Crippen molar-refractivity contribution in [3.63, 3.8) is 0 Å². The van der Waals surface area contributed by atoms with Crippen LogP contribution < -0.4 is 0 Å². The van der Waals surface area contributed by atoms with E-state index in [1.54, 1.807) is 0 Å². The number of hydrogen-bond donors (Lipinski definition) is 1. The van der Waals surface area contributed by atoms with E-state index in [2.05, 4.69) is 13.8 Å². The minimum absolute atomic E-state index is 0.366. The second kappa shape index (κ2) is 3.23. The standard InChI is InChI=1S/C13H24O/c1-12(2)7-4-5-10-9-13(3,14)8-6-11(10)12/h10-11,14H,4-9H2,1-3H3/t10-,11-,13-/m0/s1. The first kappa shape index (κ1) is 10.5. The second-order valence-electron chi connectivity index (χ2n) is 6.49. The Morgan fingerprint density at radius 1 is 1.07 bits per heavy atom. The Morgan fingerprint density at radius 2 is 1.79 bits per heavy atom. The van der Waals surface area contributed by atoms with Crippen LogP contribution in [0.4, 0.5) is 0 Å². The Hall–Kier alpha value is -0.0400. The number of fused-ring (bicyclic) bond motifs is 1. The largest absolute Gasteiger partial charge is 0.390 e. The lowest BCUT2D eigenvalue weighted by Gasteiger charge is -2.50. The summed E-state index contributed by atoms with van der Waals surface area (Å²) in [6, 6.07) is 0. The molecule has 82 valence electrons. The molecule has 14 heavy (non-hydrogen) atoms. The maximum Gasteiger partial charge on any atom is 0.0622 e.